The highest BCUT2D eigenvalue weighted by Gasteiger charge is 2.24. The highest BCUT2D eigenvalue weighted by molar-refractivity contribution is 5.98. The van der Waals surface area contributed by atoms with Crippen molar-refractivity contribution < 1.29 is 14.3 Å². The normalized spacial score (nSPS) is 12.9. The fraction of sp³-hybridized carbons (Fsp3) is 0.636. The van der Waals surface area contributed by atoms with E-state index < -0.39 is 17.7 Å². The lowest BCUT2D eigenvalue weighted by atomic mass is 10.2. The molecular formula is C11H18N4O3. The summed E-state index contributed by atoms with van der Waals surface area (Å²) in [5, 5.41) is 9.76. The summed E-state index contributed by atoms with van der Waals surface area (Å²) >= 11 is 0. The van der Waals surface area contributed by atoms with Crippen molar-refractivity contribution in [2.45, 2.75) is 39.3 Å². The Balaban J connectivity index is 2.61. The molecule has 0 saturated heterocycles. The Labute approximate surface area is 106 Å². The Kier molecular flexibility index (Phi) is 4.05. The minimum atomic E-state index is -0.720. The van der Waals surface area contributed by atoms with Crippen LogP contribution in [0.3, 0.4) is 0 Å². The molecule has 1 rings (SSSR count). The number of aryl methyl sites for hydroxylation is 1. The van der Waals surface area contributed by atoms with Gasteiger partial charge >= 0.3 is 6.09 Å². The predicted octanol–water partition coefficient (Wildman–Crippen LogP) is 0.911. The third-order valence-electron chi connectivity index (χ3n) is 2.06. The van der Waals surface area contributed by atoms with Crippen LogP contribution < -0.4 is 5.32 Å². The third-order valence-corrected chi connectivity index (χ3v) is 2.06. The quantitative estimate of drug-likeness (QED) is 0.810. The van der Waals surface area contributed by atoms with Crippen LogP contribution in [-0.4, -0.2) is 38.3 Å². The number of ketones is 1. The summed E-state index contributed by atoms with van der Waals surface area (Å²) in [5.74, 6) is -0.126. The summed E-state index contributed by atoms with van der Waals surface area (Å²) in [5.41, 5.74) is -0.600. The van der Waals surface area contributed by atoms with E-state index in [0.717, 1.165) is 0 Å². The third kappa shape index (κ3) is 3.83. The average molecular weight is 254 g/mol. The molecule has 0 radical (unpaired) electrons. The van der Waals surface area contributed by atoms with Gasteiger partial charge < -0.3 is 14.6 Å². The molecule has 0 aromatic carbocycles. The number of nitrogens with zero attached hydrogens (tertiary/aromatic N) is 3. The van der Waals surface area contributed by atoms with E-state index in [-0.39, 0.29) is 11.6 Å². The van der Waals surface area contributed by atoms with Crippen molar-refractivity contribution in [2.75, 3.05) is 0 Å². The van der Waals surface area contributed by atoms with Gasteiger partial charge in [-0.15, -0.1) is 10.2 Å². The molecule has 1 N–H and O–H groups in total. The summed E-state index contributed by atoms with van der Waals surface area (Å²) in [6, 6.07) is -0.720. The number of hydrogen-bond donors (Lipinski definition) is 1. The van der Waals surface area contributed by atoms with E-state index in [1.807, 2.05) is 0 Å². The van der Waals surface area contributed by atoms with Gasteiger partial charge in [0.2, 0.25) is 11.6 Å². The van der Waals surface area contributed by atoms with Crippen LogP contribution in [0, 0.1) is 0 Å². The van der Waals surface area contributed by atoms with Crippen molar-refractivity contribution in [3.63, 3.8) is 0 Å². The molecular weight excluding hydrogens is 236 g/mol. The predicted molar refractivity (Wildman–Crippen MR) is 64.2 cm³/mol. The zero-order chi connectivity index (χ0) is 13.9. The van der Waals surface area contributed by atoms with Crippen molar-refractivity contribution >= 4 is 11.9 Å². The van der Waals surface area contributed by atoms with Crippen LogP contribution in [0.4, 0.5) is 4.79 Å². The van der Waals surface area contributed by atoms with Crippen LogP contribution in [0.2, 0.25) is 0 Å². The highest BCUT2D eigenvalue weighted by Crippen LogP contribution is 2.07. The fourth-order valence-electron chi connectivity index (χ4n) is 1.25. The van der Waals surface area contributed by atoms with Crippen LogP contribution in [0.1, 0.15) is 38.3 Å². The number of aromatic nitrogens is 3. The summed E-state index contributed by atoms with van der Waals surface area (Å²) in [4.78, 5) is 23.4. The van der Waals surface area contributed by atoms with Crippen LogP contribution in [-0.2, 0) is 11.8 Å². The van der Waals surface area contributed by atoms with E-state index in [1.165, 1.54) is 10.9 Å². The number of Topliss-reactive ketones (excluding diaryl/α,β-unsaturated/α-hetero) is 1. The summed E-state index contributed by atoms with van der Waals surface area (Å²) in [6.45, 7) is 6.83. The van der Waals surface area contributed by atoms with E-state index in [1.54, 1.807) is 34.7 Å². The molecule has 0 aliphatic carbocycles. The number of nitrogens with one attached hydrogen (secondary N) is 1. The van der Waals surface area contributed by atoms with Gasteiger partial charge in [0.25, 0.3) is 0 Å². The zero-order valence-electron chi connectivity index (χ0n) is 11.2. The molecule has 1 amide bonds. The second-order valence-corrected chi connectivity index (χ2v) is 5.00. The van der Waals surface area contributed by atoms with Crippen molar-refractivity contribution in [3.05, 3.63) is 12.2 Å². The SMILES string of the molecule is CC(NC(=O)OC(C)(C)C)C(=O)c1nncn1C. The monoisotopic (exact) mass is 254 g/mol. The standard InChI is InChI=1S/C11H18N4O3/c1-7(13-10(17)18-11(2,3)4)8(16)9-14-12-6-15(9)5/h6-7H,1-5H3,(H,13,17). The Morgan fingerprint density at radius 3 is 2.50 bits per heavy atom. The fourth-order valence-corrected chi connectivity index (χ4v) is 1.25. The van der Waals surface area contributed by atoms with Gasteiger partial charge in [-0.2, -0.15) is 0 Å². The second-order valence-electron chi connectivity index (χ2n) is 5.00. The Hall–Kier alpha value is -1.92. The molecule has 0 aliphatic rings. The first-order valence-electron chi connectivity index (χ1n) is 5.58. The maximum Gasteiger partial charge on any atom is 0.408 e. The van der Waals surface area contributed by atoms with Crippen molar-refractivity contribution in [2.24, 2.45) is 7.05 Å². The molecule has 100 valence electrons. The number of amides is 1. The topological polar surface area (TPSA) is 86.1 Å². The van der Waals surface area contributed by atoms with Gasteiger partial charge in [0.1, 0.15) is 11.9 Å². The lowest BCUT2D eigenvalue weighted by Crippen LogP contribution is -2.42. The van der Waals surface area contributed by atoms with Crippen molar-refractivity contribution in [3.8, 4) is 0 Å². The first kappa shape index (κ1) is 14.1. The number of carbonyl (C=O) groups is 2. The zero-order valence-corrected chi connectivity index (χ0v) is 11.2. The average Bonchev–Trinajstić information content (AvgIpc) is 2.60. The van der Waals surface area contributed by atoms with Gasteiger partial charge in [0.05, 0.1) is 6.04 Å². The number of alkyl carbamates (subject to hydrolysis) is 1. The minimum absolute atomic E-state index is 0.193. The molecule has 1 unspecified atom stereocenters. The molecule has 7 nitrogen and oxygen atoms in total. The minimum Gasteiger partial charge on any atom is -0.444 e. The maximum absolute atomic E-state index is 11.9. The van der Waals surface area contributed by atoms with Gasteiger partial charge in [-0.05, 0) is 27.7 Å². The van der Waals surface area contributed by atoms with Gasteiger partial charge in [0, 0.05) is 7.05 Å². The summed E-state index contributed by atoms with van der Waals surface area (Å²) < 4.78 is 6.56. The van der Waals surface area contributed by atoms with E-state index in [4.69, 9.17) is 4.74 Å². The molecule has 18 heavy (non-hydrogen) atoms. The van der Waals surface area contributed by atoms with E-state index >= 15 is 0 Å². The molecule has 0 spiro atoms. The first-order chi connectivity index (χ1) is 8.20. The van der Waals surface area contributed by atoms with Crippen LogP contribution in [0.15, 0.2) is 6.33 Å². The van der Waals surface area contributed by atoms with Gasteiger partial charge in [-0.1, -0.05) is 0 Å². The number of ether oxygens (including phenoxy) is 1. The van der Waals surface area contributed by atoms with Gasteiger partial charge in [-0.3, -0.25) is 4.79 Å². The molecule has 0 bridgehead atoms. The molecule has 0 saturated carbocycles. The van der Waals surface area contributed by atoms with Crippen LogP contribution >= 0.6 is 0 Å². The smallest absolute Gasteiger partial charge is 0.408 e. The van der Waals surface area contributed by atoms with Gasteiger partial charge in [-0.25, -0.2) is 4.79 Å². The van der Waals surface area contributed by atoms with Crippen molar-refractivity contribution in [1.82, 2.24) is 20.1 Å². The summed E-state index contributed by atoms with van der Waals surface area (Å²) in [6.07, 6.45) is 0.790. The van der Waals surface area contributed by atoms with E-state index in [9.17, 15) is 9.59 Å². The Morgan fingerprint density at radius 1 is 1.44 bits per heavy atom. The van der Waals surface area contributed by atoms with Crippen molar-refractivity contribution in [1.29, 1.82) is 0 Å². The second kappa shape index (κ2) is 5.16. The number of carbonyl (C=O) groups excluding carboxylic acids is 2. The number of rotatable bonds is 3. The Morgan fingerprint density at radius 2 is 2.06 bits per heavy atom. The first-order valence-corrected chi connectivity index (χ1v) is 5.58. The molecule has 1 aromatic heterocycles. The number of hydrogen-bond acceptors (Lipinski definition) is 5. The molecule has 0 fully saturated rings. The highest BCUT2D eigenvalue weighted by atomic mass is 16.6. The van der Waals surface area contributed by atoms with Gasteiger partial charge in [0.15, 0.2) is 0 Å². The summed E-state index contributed by atoms with van der Waals surface area (Å²) in [7, 11) is 1.66. The molecule has 7 heteroatoms. The molecule has 0 aliphatic heterocycles. The molecule has 1 aromatic rings. The van der Waals surface area contributed by atoms with Crippen LogP contribution in [0.5, 0.6) is 0 Å². The lowest BCUT2D eigenvalue weighted by molar-refractivity contribution is 0.0495. The molecule has 1 heterocycles. The maximum atomic E-state index is 11.9. The lowest BCUT2D eigenvalue weighted by Gasteiger charge is -2.21. The van der Waals surface area contributed by atoms with E-state index in [0.29, 0.717) is 0 Å². The Bertz CT molecular complexity index is 447. The van der Waals surface area contributed by atoms with Crippen LogP contribution in [0.25, 0.3) is 0 Å². The largest absolute Gasteiger partial charge is 0.444 e. The van der Waals surface area contributed by atoms with E-state index in [2.05, 4.69) is 15.5 Å². The molecule has 1 atom stereocenters.